The van der Waals surface area contributed by atoms with Crippen molar-refractivity contribution in [1.29, 1.82) is 0 Å². The predicted octanol–water partition coefficient (Wildman–Crippen LogP) is 0.884. The van der Waals surface area contributed by atoms with Gasteiger partial charge in [-0.3, -0.25) is 4.79 Å². The molecule has 3 rings (SSSR count). The molecule has 0 aliphatic carbocycles. The van der Waals surface area contributed by atoms with Crippen LogP contribution in [-0.2, 0) is 6.42 Å². The number of carbonyl (C=O) groups is 1. The number of halogens is 2. The van der Waals surface area contributed by atoms with Crippen molar-refractivity contribution in [1.82, 2.24) is 34.5 Å². The number of hydrogen-bond donors (Lipinski definition) is 3. The van der Waals surface area contributed by atoms with Gasteiger partial charge < -0.3 is 15.5 Å². The third kappa shape index (κ3) is 6.02. The van der Waals surface area contributed by atoms with Gasteiger partial charge in [-0.2, -0.15) is 4.68 Å². The van der Waals surface area contributed by atoms with Gasteiger partial charge in [-0.15, -0.1) is 16.4 Å². The molecule has 0 unspecified atom stereocenters. The summed E-state index contributed by atoms with van der Waals surface area (Å²) in [5.74, 6) is -0.164. The highest BCUT2D eigenvalue weighted by Gasteiger charge is 2.20. The molecule has 0 radical (unpaired) electrons. The Hall–Kier alpha value is -2.51. The van der Waals surface area contributed by atoms with Crippen molar-refractivity contribution in [3.63, 3.8) is 0 Å². The molecule has 166 valence electrons. The molecule has 0 saturated carbocycles. The van der Waals surface area contributed by atoms with Crippen LogP contribution >= 0.6 is 23.1 Å². The van der Waals surface area contributed by atoms with Crippen LogP contribution in [0.2, 0.25) is 0 Å². The van der Waals surface area contributed by atoms with Crippen molar-refractivity contribution in [2.75, 3.05) is 33.4 Å². The average molecular weight is 470 g/mol. The highest BCUT2D eigenvalue weighted by molar-refractivity contribution is 7.11. The first kappa shape index (κ1) is 23.2. The van der Waals surface area contributed by atoms with Gasteiger partial charge in [0.15, 0.2) is 22.5 Å². The third-order valence-corrected chi connectivity index (χ3v) is 5.22. The van der Waals surface area contributed by atoms with E-state index in [1.165, 1.54) is 21.2 Å². The number of hydrogen-bond acceptors (Lipinski definition) is 9. The molecule has 10 nitrogen and oxygen atoms in total. The number of thiazole rings is 1. The number of nitrogens with one attached hydrogen (secondary N) is 1. The largest absolute Gasteiger partial charge is 0.396 e. The maximum atomic E-state index is 13.3. The van der Waals surface area contributed by atoms with Gasteiger partial charge in [0.25, 0.3) is 5.91 Å². The molecule has 0 bridgehead atoms. The maximum absolute atomic E-state index is 13.3. The molecule has 0 saturated heterocycles. The van der Waals surface area contributed by atoms with Crippen LogP contribution in [-0.4, -0.2) is 78.6 Å². The Bertz CT molecular complexity index is 1010. The molecule has 0 aromatic carbocycles. The first-order valence-corrected chi connectivity index (χ1v) is 10.5. The van der Waals surface area contributed by atoms with Crippen LogP contribution in [0.5, 0.6) is 0 Å². The monoisotopic (exact) mass is 469 g/mol. The number of carbonyl (C=O) groups excluding carboxylic acids is 1. The summed E-state index contributed by atoms with van der Waals surface area (Å²) in [4.78, 5) is 25.2. The molecule has 0 atom stereocenters. The van der Waals surface area contributed by atoms with Gasteiger partial charge in [0.1, 0.15) is 11.5 Å². The molecule has 0 aliphatic rings. The standard InChI is InChI=1S/C18H21ClFN7O3S/c1-26(19)5-4-14-23-16(13-3-2-12(20)7-21-13)27(25-14)15-10-31-18(24-15)17(30)22-6-11(8-28)9-29/h2-3,7,10-11,28-29H,4-6,8-9H2,1H3,(H,22,30). The van der Waals surface area contributed by atoms with Crippen molar-refractivity contribution in [3.05, 3.63) is 40.4 Å². The van der Waals surface area contributed by atoms with Crippen molar-refractivity contribution in [2.24, 2.45) is 5.92 Å². The molecule has 13 heteroatoms. The second-order valence-electron chi connectivity index (χ2n) is 6.66. The molecule has 3 aromatic rings. The fourth-order valence-corrected chi connectivity index (χ4v) is 3.29. The Kier molecular flexibility index (Phi) is 7.98. The molecule has 3 N–H and O–H groups in total. The van der Waals surface area contributed by atoms with E-state index < -0.39 is 17.6 Å². The minimum Gasteiger partial charge on any atom is -0.396 e. The van der Waals surface area contributed by atoms with E-state index in [0.717, 1.165) is 17.5 Å². The lowest BCUT2D eigenvalue weighted by molar-refractivity contribution is 0.0921. The molecule has 0 aliphatic heterocycles. The van der Waals surface area contributed by atoms with E-state index in [1.54, 1.807) is 12.4 Å². The van der Waals surface area contributed by atoms with E-state index in [1.807, 2.05) is 0 Å². The Balaban J connectivity index is 1.87. The Labute approximate surface area is 186 Å². The molecule has 1 amide bonds. The van der Waals surface area contributed by atoms with Crippen LogP contribution < -0.4 is 5.32 Å². The van der Waals surface area contributed by atoms with Gasteiger partial charge >= 0.3 is 0 Å². The molecule has 3 aromatic heterocycles. The molecule has 31 heavy (non-hydrogen) atoms. The SMILES string of the molecule is CN(Cl)CCc1nc(-c2ccc(F)cn2)n(-c2csc(C(=O)NCC(CO)CO)n2)n1. The number of aromatic nitrogens is 5. The zero-order valence-corrected chi connectivity index (χ0v) is 18.1. The minimum absolute atomic E-state index is 0.116. The third-order valence-electron chi connectivity index (χ3n) is 4.22. The van der Waals surface area contributed by atoms with Gasteiger partial charge in [0.05, 0.1) is 6.20 Å². The number of aliphatic hydroxyl groups is 2. The second-order valence-corrected chi connectivity index (χ2v) is 8.09. The fourth-order valence-electron chi connectivity index (χ4n) is 2.51. The van der Waals surface area contributed by atoms with Crippen LogP contribution in [0.25, 0.3) is 17.3 Å². The van der Waals surface area contributed by atoms with E-state index in [2.05, 4.69) is 25.4 Å². The number of amides is 1. The zero-order chi connectivity index (χ0) is 22.4. The van der Waals surface area contributed by atoms with Crippen LogP contribution in [0.3, 0.4) is 0 Å². The van der Waals surface area contributed by atoms with Gasteiger partial charge in [-0.1, -0.05) is 0 Å². The quantitative estimate of drug-likeness (QED) is 0.373. The van der Waals surface area contributed by atoms with Gasteiger partial charge in [0.2, 0.25) is 0 Å². The summed E-state index contributed by atoms with van der Waals surface area (Å²) >= 11 is 6.97. The lowest BCUT2D eigenvalue weighted by Crippen LogP contribution is -2.32. The second kappa shape index (κ2) is 10.7. The topological polar surface area (TPSA) is 129 Å². The van der Waals surface area contributed by atoms with Crippen LogP contribution in [0.15, 0.2) is 23.7 Å². The van der Waals surface area contributed by atoms with Crippen molar-refractivity contribution >= 4 is 29.0 Å². The molecule has 3 heterocycles. The van der Waals surface area contributed by atoms with Crippen LogP contribution in [0.1, 0.15) is 15.6 Å². The minimum atomic E-state index is -0.476. The Morgan fingerprint density at radius 1 is 1.35 bits per heavy atom. The number of pyridine rings is 1. The summed E-state index contributed by atoms with van der Waals surface area (Å²) in [6, 6.07) is 2.75. The summed E-state index contributed by atoms with van der Waals surface area (Å²) in [6.07, 6.45) is 1.54. The van der Waals surface area contributed by atoms with Gasteiger partial charge in [-0.25, -0.2) is 23.8 Å². The summed E-state index contributed by atoms with van der Waals surface area (Å²) in [5, 5.41) is 27.1. The van der Waals surface area contributed by atoms with Gasteiger partial charge in [0, 0.05) is 51.1 Å². The fraction of sp³-hybridized carbons (Fsp3) is 0.389. The van der Waals surface area contributed by atoms with Crippen molar-refractivity contribution in [3.8, 4) is 17.3 Å². The van der Waals surface area contributed by atoms with E-state index in [0.29, 0.717) is 36.1 Å². The van der Waals surface area contributed by atoms with Crippen LogP contribution in [0.4, 0.5) is 4.39 Å². The maximum Gasteiger partial charge on any atom is 0.280 e. The predicted molar refractivity (Wildman–Crippen MR) is 112 cm³/mol. The normalized spacial score (nSPS) is 11.5. The smallest absolute Gasteiger partial charge is 0.280 e. The first-order chi connectivity index (χ1) is 14.9. The molecule has 0 fully saturated rings. The zero-order valence-electron chi connectivity index (χ0n) is 16.6. The first-order valence-electron chi connectivity index (χ1n) is 9.31. The molecular formula is C18H21ClFN7O3S. The number of rotatable bonds is 10. The number of nitrogens with zero attached hydrogens (tertiary/aromatic N) is 6. The molecule has 0 spiro atoms. The van der Waals surface area contributed by atoms with E-state index in [9.17, 15) is 9.18 Å². The van der Waals surface area contributed by atoms with Crippen LogP contribution in [0, 0.1) is 11.7 Å². The highest BCUT2D eigenvalue weighted by atomic mass is 35.5. The van der Waals surface area contributed by atoms with Crippen molar-refractivity contribution in [2.45, 2.75) is 6.42 Å². The lowest BCUT2D eigenvalue weighted by atomic mass is 10.2. The average Bonchev–Trinajstić information content (AvgIpc) is 3.41. The summed E-state index contributed by atoms with van der Waals surface area (Å²) in [7, 11) is 1.71. The molecular weight excluding hydrogens is 449 g/mol. The lowest BCUT2D eigenvalue weighted by Gasteiger charge is -2.10. The van der Waals surface area contributed by atoms with Crippen molar-refractivity contribution < 1.29 is 19.4 Å². The van der Waals surface area contributed by atoms with Gasteiger partial charge in [-0.05, 0) is 23.9 Å². The van der Waals surface area contributed by atoms with E-state index in [-0.39, 0.29) is 24.8 Å². The summed E-state index contributed by atoms with van der Waals surface area (Å²) < 4.78 is 16.2. The highest BCUT2D eigenvalue weighted by Crippen LogP contribution is 2.21. The summed E-state index contributed by atoms with van der Waals surface area (Å²) in [6.45, 7) is 0.134. The van der Waals surface area contributed by atoms with E-state index >= 15 is 0 Å². The number of aliphatic hydroxyl groups excluding tert-OH is 2. The summed E-state index contributed by atoms with van der Waals surface area (Å²) in [5.41, 5.74) is 0.395. The van der Waals surface area contributed by atoms with E-state index in [4.69, 9.17) is 22.0 Å². The number of likely N-dealkylation sites (N-methyl/N-ethyl adjacent to an activating group) is 1. The Morgan fingerprint density at radius 3 is 2.77 bits per heavy atom. The Morgan fingerprint density at radius 2 is 2.13 bits per heavy atom.